The van der Waals surface area contributed by atoms with E-state index < -0.39 is 0 Å². The Hall–Kier alpha value is -1.30. The van der Waals surface area contributed by atoms with E-state index in [4.69, 9.17) is 10.9 Å². The summed E-state index contributed by atoms with van der Waals surface area (Å²) < 4.78 is 0. The Kier molecular flexibility index (Phi) is 8.24. The van der Waals surface area contributed by atoms with Gasteiger partial charge in [-0.25, -0.2) is 0 Å². The quantitative estimate of drug-likeness (QED) is 0.204. The molecule has 0 aromatic rings. The van der Waals surface area contributed by atoms with E-state index in [0.717, 1.165) is 6.42 Å². The fourth-order valence-electron chi connectivity index (χ4n) is 1.24. The summed E-state index contributed by atoms with van der Waals surface area (Å²) in [5.74, 6) is 0.167. The molecule has 0 saturated heterocycles. The second kappa shape index (κ2) is 8.96. The van der Waals surface area contributed by atoms with Gasteiger partial charge in [-0.05, 0) is 12.8 Å². The highest BCUT2D eigenvalue weighted by Gasteiger charge is 2.10. The maximum absolute atomic E-state index is 11.2. The van der Waals surface area contributed by atoms with Crippen LogP contribution in [0.25, 0.3) is 0 Å². The Labute approximate surface area is 96.3 Å². The second-order valence-electron chi connectivity index (χ2n) is 3.54. The molecule has 0 aliphatic carbocycles. The molecule has 6 nitrogen and oxygen atoms in total. The van der Waals surface area contributed by atoms with Crippen LogP contribution in [0.3, 0.4) is 0 Å². The van der Waals surface area contributed by atoms with E-state index in [-0.39, 0.29) is 17.8 Å². The zero-order chi connectivity index (χ0) is 12.4. The van der Waals surface area contributed by atoms with Gasteiger partial charge in [0.05, 0.1) is 6.04 Å². The third-order valence-corrected chi connectivity index (χ3v) is 2.20. The first-order valence-electron chi connectivity index (χ1n) is 5.63. The zero-order valence-electron chi connectivity index (χ0n) is 9.99. The lowest BCUT2D eigenvalue weighted by Gasteiger charge is -2.14. The summed E-state index contributed by atoms with van der Waals surface area (Å²) in [5, 5.41) is 17.3. The summed E-state index contributed by atoms with van der Waals surface area (Å²) in [4.78, 5) is 11.2. The molecule has 0 aromatic heterocycles. The van der Waals surface area contributed by atoms with Crippen LogP contribution in [0, 0.1) is 0 Å². The SMILES string of the molecule is CCCNC(=O)CCNC(CC)C(N)=NO. The molecule has 0 saturated carbocycles. The van der Waals surface area contributed by atoms with Crippen molar-refractivity contribution >= 4 is 11.7 Å². The number of hydrogen-bond acceptors (Lipinski definition) is 4. The number of amides is 1. The molecule has 1 amide bonds. The van der Waals surface area contributed by atoms with Crippen molar-refractivity contribution in [1.29, 1.82) is 0 Å². The van der Waals surface area contributed by atoms with Crippen LogP contribution in [-0.2, 0) is 4.79 Å². The van der Waals surface area contributed by atoms with Crippen LogP contribution in [-0.4, -0.2) is 36.1 Å². The van der Waals surface area contributed by atoms with Crippen molar-refractivity contribution in [3.8, 4) is 0 Å². The van der Waals surface area contributed by atoms with E-state index in [2.05, 4.69) is 15.8 Å². The van der Waals surface area contributed by atoms with Crippen molar-refractivity contribution in [1.82, 2.24) is 10.6 Å². The van der Waals surface area contributed by atoms with Crippen molar-refractivity contribution in [2.45, 2.75) is 39.2 Å². The lowest BCUT2D eigenvalue weighted by Crippen LogP contribution is -2.42. The van der Waals surface area contributed by atoms with Gasteiger partial charge in [0.1, 0.15) is 0 Å². The van der Waals surface area contributed by atoms with Gasteiger partial charge in [-0.2, -0.15) is 0 Å². The first kappa shape index (κ1) is 14.7. The maximum atomic E-state index is 11.2. The van der Waals surface area contributed by atoms with E-state index in [9.17, 15) is 4.79 Å². The average molecular weight is 230 g/mol. The van der Waals surface area contributed by atoms with Gasteiger partial charge < -0.3 is 21.6 Å². The number of rotatable bonds is 8. The lowest BCUT2D eigenvalue weighted by molar-refractivity contribution is -0.120. The number of nitrogens with zero attached hydrogens (tertiary/aromatic N) is 1. The zero-order valence-corrected chi connectivity index (χ0v) is 9.99. The van der Waals surface area contributed by atoms with Gasteiger partial charge in [-0.1, -0.05) is 19.0 Å². The predicted molar refractivity (Wildman–Crippen MR) is 63.4 cm³/mol. The minimum absolute atomic E-state index is 0.0173. The van der Waals surface area contributed by atoms with Crippen molar-refractivity contribution < 1.29 is 10.0 Å². The molecule has 16 heavy (non-hydrogen) atoms. The Morgan fingerprint density at radius 1 is 1.44 bits per heavy atom. The molecule has 0 aliphatic heterocycles. The molecule has 0 fully saturated rings. The topological polar surface area (TPSA) is 99.7 Å². The van der Waals surface area contributed by atoms with Crippen LogP contribution in [0.4, 0.5) is 0 Å². The van der Waals surface area contributed by atoms with Crippen LogP contribution in [0.1, 0.15) is 33.1 Å². The number of hydrogen-bond donors (Lipinski definition) is 4. The van der Waals surface area contributed by atoms with E-state index >= 15 is 0 Å². The Balaban J connectivity index is 3.74. The highest BCUT2D eigenvalue weighted by Crippen LogP contribution is 1.91. The predicted octanol–water partition coefficient (Wildman–Crippen LogP) is 0.0173. The molecule has 94 valence electrons. The molecule has 0 radical (unpaired) electrons. The molecule has 1 atom stereocenters. The van der Waals surface area contributed by atoms with Gasteiger partial charge in [0, 0.05) is 19.5 Å². The minimum atomic E-state index is -0.177. The molecule has 0 bridgehead atoms. The average Bonchev–Trinajstić information content (AvgIpc) is 2.31. The third-order valence-electron chi connectivity index (χ3n) is 2.20. The normalized spacial score (nSPS) is 13.5. The van der Waals surface area contributed by atoms with Gasteiger partial charge >= 0.3 is 0 Å². The summed E-state index contributed by atoms with van der Waals surface area (Å²) in [6.07, 6.45) is 2.04. The fraction of sp³-hybridized carbons (Fsp3) is 0.800. The van der Waals surface area contributed by atoms with Crippen molar-refractivity contribution in [3.63, 3.8) is 0 Å². The molecule has 0 aromatic carbocycles. The molecule has 0 rings (SSSR count). The van der Waals surface area contributed by atoms with Crippen molar-refractivity contribution in [2.24, 2.45) is 10.9 Å². The lowest BCUT2D eigenvalue weighted by atomic mass is 10.2. The number of amidine groups is 1. The van der Waals surface area contributed by atoms with Gasteiger partial charge in [-0.3, -0.25) is 4.79 Å². The molecule has 0 heterocycles. The standard InChI is InChI=1S/C10H22N4O2/c1-3-6-13-9(15)5-7-12-8(4-2)10(11)14-16/h8,12,16H,3-7H2,1-2H3,(H2,11,14)(H,13,15). The summed E-state index contributed by atoms with van der Waals surface area (Å²) >= 11 is 0. The van der Waals surface area contributed by atoms with Crippen LogP contribution in [0.2, 0.25) is 0 Å². The monoisotopic (exact) mass is 230 g/mol. The van der Waals surface area contributed by atoms with Crippen LogP contribution >= 0.6 is 0 Å². The Bertz CT molecular complexity index is 231. The highest BCUT2D eigenvalue weighted by atomic mass is 16.4. The first-order chi connectivity index (χ1) is 7.65. The van der Waals surface area contributed by atoms with Gasteiger partial charge in [0.25, 0.3) is 0 Å². The molecule has 6 heteroatoms. The number of nitrogens with one attached hydrogen (secondary N) is 2. The van der Waals surface area contributed by atoms with Gasteiger partial charge in [0.2, 0.25) is 5.91 Å². The van der Waals surface area contributed by atoms with E-state index in [1.807, 2.05) is 13.8 Å². The van der Waals surface area contributed by atoms with Crippen molar-refractivity contribution in [2.75, 3.05) is 13.1 Å². The van der Waals surface area contributed by atoms with Crippen LogP contribution < -0.4 is 16.4 Å². The van der Waals surface area contributed by atoms with Gasteiger partial charge in [-0.15, -0.1) is 0 Å². The van der Waals surface area contributed by atoms with Crippen LogP contribution in [0.15, 0.2) is 5.16 Å². The second-order valence-corrected chi connectivity index (χ2v) is 3.54. The van der Waals surface area contributed by atoms with Crippen molar-refractivity contribution in [3.05, 3.63) is 0 Å². The Morgan fingerprint density at radius 2 is 2.12 bits per heavy atom. The smallest absolute Gasteiger partial charge is 0.221 e. The number of nitrogens with two attached hydrogens (primary N) is 1. The minimum Gasteiger partial charge on any atom is -0.409 e. The number of oxime groups is 1. The number of carbonyl (C=O) groups excluding carboxylic acids is 1. The first-order valence-corrected chi connectivity index (χ1v) is 5.63. The Morgan fingerprint density at radius 3 is 2.62 bits per heavy atom. The number of carbonyl (C=O) groups is 1. The largest absolute Gasteiger partial charge is 0.409 e. The summed E-state index contributed by atoms with van der Waals surface area (Å²) in [6.45, 7) is 5.15. The highest BCUT2D eigenvalue weighted by molar-refractivity contribution is 5.85. The molecule has 0 spiro atoms. The van der Waals surface area contributed by atoms with Crippen LogP contribution in [0.5, 0.6) is 0 Å². The van der Waals surface area contributed by atoms with E-state index in [0.29, 0.717) is 25.9 Å². The van der Waals surface area contributed by atoms with Gasteiger partial charge in [0.15, 0.2) is 5.84 Å². The summed E-state index contributed by atoms with van der Waals surface area (Å²) in [6, 6.07) is -0.177. The molecular weight excluding hydrogens is 208 g/mol. The summed E-state index contributed by atoms with van der Waals surface area (Å²) in [5.41, 5.74) is 5.46. The fourth-order valence-corrected chi connectivity index (χ4v) is 1.24. The third kappa shape index (κ3) is 6.23. The van der Waals surface area contributed by atoms with E-state index in [1.54, 1.807) is 0 Å². The molecule has 0 aliphatic rings. The molecule has 1 unspecified atom stereocenters. The maximum Gasteiger partial charge on any atom is 0.221 e. The molecule has 5 N–H and O–H groups in total. The van der Waals surface area contributed by atoms with E-state index in [1.165, 1.54) is 0 Å². The summed E-state index contributed by atoms with van der Waals surface area (Å²) in [7, 11) is 0. The molecular formula is C10H22N4O2.